The normalized spacial score (nSPS) is 13.6. The van der Waals surface area contributed by atoms with Crippen molar-refractivity contribution in [3.05, 3.63) is 124 Å². The van der Waals surface area contributed by atoms with Crippen LogP contribution in [0.1, 0.15) is 73.4 Å². The maximum absolute atomic E-state index is 13.5. The van der Waals surface area contributed by atoms with Crippen molar-refractivity contribution in [3.8, 4) is 5.75 Å². The lowest BCUT2D eigenvalue weighted by atomic mass is 10.1. The Morgan fingerprint density at radius 1 is 0.821 bits per heavy atom. The Labute approximate surface area is 324 Å². The molecule has 4 aromatic carbocycles. The second-order valence-electron chi connectivity index (χ2n) is 13.7. The molecule has 1 unspecified atom stereocenters. The van der Waals surface area contributed by atoms with Crippen molar-refractivity contribution in [1.82, 2.24) is 15.5 Å². The Hall–Kier alpha value is -6.74. The molecular formula is C41H45N9O6. The van der Waals surface area contributed by atoms with E-state index in [4.69, 9.17) is 21.9 Å². The van der Waals surface area contributed by atoms with Gasteiger partial charge in [-0.05, 0) is 97.0 Å². The van der Waals surface area contributed by atoms with Crippen LogP contribution in [0.15, 0.2) is 96.0 Å². The van der Waals surface area contributed by atoms with Gasteiger partial charge in [-0.25, -0.2) is 0 Å². The molecule has 56 heavy (non-hydrogen) atoms. The van der Waals surface area contributed by atoms with Gasteiger partial charge < -0.3 is 48.1 Å². The Bertz CT molecular complexity index is 2110. The van der Waals surface area contributed by atoms with Crippen molar-refractivity contribution in [3.63, 3.8) is 0 Å². The quantitative estimate of drug-likeness (QED) is 0.0505. The number of amides is 5. The van der Waals surface area contributed by atoms with Gasteiger partial charge in [0.25, 0.3) is 23.6 Å². The molecule has 15 nitrogen and oxygen atoms in total. The highest BCUT2D eigenvalue weighted by Gasteiger charge is 2.33. The second-order valence-corrected chi connectivity index (χ2v) is 13.7. The zero-order chi connectivity index (χ0) is 39.6. The fourth-order valence-corrected chi connectivity index (χ4v) is 6.10. The van der Waals surface area contributed by atoms with Gasteiger partial charge in [0.2, 0.25) is 5.91 Å². The Kier molecular flexibility index (Phi) is 12.6. The van der Waals surface area contributed by atoms with Gasteiger partial charge in [0, 0.05) is 54.6 Å². The molecule has 15 heteroatoms. The van der Waals surface area contributed by atoms with Crippen molar-refractivity contribution < 1.29 is 28.7 Å². The number of guanidine groups is 1. The van der Waals surface area contributed by atoms with Crippen molar-refractivity contribution in [2.24, 2.45) is 22.2 Å². The number of fused-ring (bicyclic) bond motifs is 1. The van der Waals surface area contributed by atoms with Crippen LogP contribution in [-0.2, 0) is 29.2 Å². The summed E-state index contributed by atoms with van der Waals surface area (Å²) in [6, 6.07) is 25.7. The van der Waals surface area contributed by atoms with Gasteiger partial charge in [-0.1, -0.05) is 36.4 Å². The van der Waals surface area contributed by atoms with E-state index < -0.39 is 6.04 Å². The van der Waals surface area contributed by atoms with Gasteiger partial charge in [-0.3, -0.25) is 29.0 Å². The molecule has 0 spiro atoms. The molecule has 2 aliphatic rings. The number of carbonyl (C=O) groups excluding carboxylic acids is 5. The van der Waals surface area contributed by atoms with Crippen LogP contribution < -0.4 is 43.2 Å². The van der Waals surface area contributed by atoms with Crippen LogP contribution in [0.2, 0.25) is 0 Å². The zero-order valence-electron chi connectivity index (χ0n) is 30.8. The summed E-state index contributed by atoms with van der Waals surface area (Å²) < 4.78 is 5.50. The fraction of sp³-hybridized carbons (Fsp3) is 0.268. The lowest BCUT2D eigenvalue weighted by Crippen LogP contribution is -2.40. The van der Waals surface area contributed by atoms with Gasteiger partial charge in [-0.15, -0.1) is 0 Å². The number of benzene rings is 4. The highest BCUT2D eigenvalue weighted by molar-refractivity contribution is 6.04. The topological polar surface area (TPSA) is 236 Å². The SMILES string of the molecule is NC(N)=NCCCC(N)C(=O)NCc1cccc(CNC(=O)c2ccc(NC(=O)c3ccc(CN(C(=O)c4ccc5c(c4)OCC(=O)N5)C4CC4)cc3)cc2)c1. The van der Waals surface area contributed by atoms with Crippen molar-refractivity contribution in [1.29, 1.82) is 0 Å². The van der Waals surface area contributed by atoms with E-state index in [1.54, 1.807) is 54.6 Å². The molecule has 0 saturated heterocycles. The summed E-state index contributed by atoms with van der Waals surface area (Å²) in [7, 11) is 0. The van der Waals surface area contributed by atoms with Crippen LogP contribution in [0.5, 0.6) is 5.75 Å². The van der Waals surface area contributed by atoms with E-state index in [0.29, 0.717) is 59.7 Å². The van der Waals surface area contributed by atoms with Crippen LogP contribution >= 0.6 is 0 Å². The van der Waals surface area contributed by atoms with E-state index in [1.807, 2.05) is 41.3 Å². The first-order valence-electron chi connectivity index (χ1n) is 18.3. The third kappa shape index (κ3) is 10.7. The Morgan fingerprint density at radius 2 is 1.48 bits per heavy atom. The summed E-state index contributed by atoms with van der Waals surface area (Å²) in [5, 5.41) is 11.3. The number of rotatable bonds is 16. The number of anilines is 2. The largest absolute Gasteiger partial charge is 0.482 e. The summed E-state index contributed by atoms with van der Waals surface area (Å²) >= 11 is 0. The first-order valence-corrected chi connectivity index (χ1v) is 18.3. The lowest BCUT2D eigenvalue weighted by Gasteiger charge is -2.24. The molecule has 10 N–H and O–H groups in total. The van der Waals surface area contributed by atoms with E-state index in [1.165, 1.54) is 0 Å². The predicted octanol–water partition coefficient (Wildman–Crippen LogP) is 3.00. The number of ether oxygens (including phenoxy) is 1. The molecule has 1 atom stereocenters. The molecule has 1 fully saturated rings. The molecule has 4 aromatic rings. The summed E-state index contributed by atoms with van der Waals surface area (Å²) in [6.07, 6.45) is 2.87. The highest BCUT2D eigenvalue weighted by Crippen LogP contribution is 2.33. The Morgan fingerprint density at radius 3 is 2.18 bits per heavy atom. The number of hydrogen-bond donors (Lipinski definition) is 7. The average molecular weight is 760 g/mol. The van der Waals surface area contributed by atoms with E-state index in [9.17, 15) is 24.0 Å². The van der Waals surface area contributed by atoms with Crippen LogP contribution in [0.4, 0.5) is 11.4 Å². The van der Waals surface area contributed by atoms with Crippen molar-refractivity contribution >= 4 is 46.9 Å². The van der Waals surface area contributed by atoms with Gasteiger partial charge in [0.05, 0.1) is 11.7 Å². The molecule has 1 aliphatic carbocycles. The van der Waals surface area contributed by atoms with Gasteiger partial charge in [-0.2, -0.15) is 0 Å². The number of nitrogens with one attached hydrogen (secondary N) is 4. The van der Waals surface area contributed by atoms with E-state index in [2.05, 4.69) is 26.3 Å². The average Bonchev–Trinajstić information content (AvgIpc) is 4.05. The minimum atomic E-state index is -0.676. The summed E-state index contributed by atoms with van der Waals surface area (Å²) in [5.41, 5.74) is 21.6. The minimum absolute atomic E-state index is 0.00226. The first-order chi connectivity index (χ1) is 27.0. The van der Waals surface area contributed by atoms with E-state index in [0.717, 1.165) is 29.5 Å². The molecule has 0 aromatic heterocycles. The van der Waals surface area contributed by atoms with Crippen LogP contribution in [-0.4, -0.2) is 65.6 Å². The summed E-state index contributed by atoms with van der Waals surface area (Å²) in [6.45, 7) is 1.26. The molecule has 1 aliphatic heterocycles. The maximum atomic E-state index is 13.5. The van der Waals surface area contributed by atoms with Gasteiger partial charge in [0.15, 0.2) is 12.6 Å². The molecule has 0 radical (unpaired) electrons. The van der Waals surface area contributed by atoms with E-state index in [-0.39, 0.29) is 61.2 Å². The first kappa shape index (κ1) is 39.0. The molecule has 5 amide bonds. The fourth-order valence-electron chi connectivity index (χ4n) is 6.10. The summed E-state index contributed by atoms with van der Waals surface area (Å²) in [4.78, 5) is 69.2. The third-order valence-corrected chi connectivity index (χ3v) is 9.30. The Balaban J connectivity index is 0.956. The molecule has 6 rings (SSSR count). The van der Waals surface area contributed by atoms with Gasteiger partial charge in [0.1, 0.15) is 5.75 Å². The molecule has 1 heterocycles. The monoisotopic (exact) mass is 759 g/mol. The molecule has 1 saturated carbocycles. The van der Waals surface area contributed by atoms with Crippen LogP contribution in [0.3, 0.4) is 0 Å². The van der Waals surface area contributed by atoms with E-state index >= 15 is 0 Å². The van der Waals surface area contributed by atoms with Crippen molar-refractivity contribution in [2.45, 2.75) is 57.4 Å². The number of hydrogen-bond acceptors (Lipinski definition) is 8. The zero-order valence-corrected chi connectivity index (χ0v) is 30.8. The smallest absolute Gasteiger partial charge is 0.262 e. The summed E-state index contributed by atoms with van der Waals surface area (Å²) in [5.74, 6) is -0.761. The highest BCUT2D eigenvalue weighted by atomic mass is 16.5. The van der Waals surface area contributed by atoms with Gasteiger partial charge >= 0.3 is 0 Å². The maximum Gasteiger partial charge on any atom is 0.262 e. The molecule has 0 bridgehead atoms. The number of nitrogens with two attached hydrogens (primary N) is 3. The number of carbonyl (C=O) groups is 5. The number of nitrogens with zero attached hydrogens (tertiary/aromatic N) is 2. The standard InChI is InChI=1S/C41H45N9O6/c42-33(5-2-18-45-41(43)44)39(54)47-22-27-4-1-3-26(19-27)21-46-37(52)28-10-13-31(14-11-28)48-38(53)29-8-6-25(7-9-29)23-50(32-15-16-32)40(55)30-12-17-34-35(20-30)56-24-36(51)49-34/h1,3-4,6-14,17,19-20,32-33H,2,5,15-16,18,21-24,42H2,(H,46,52)(H,47,54)(H,48,53)(H,49,51)(H4,43,44,45). The predicted molar refractivity (Wildman–Crippen MR) is 212 cm³/mol. The second kappa shape index (κ2) is 18.1. The minimum Gasteiger partial charge on any atom is -0.482 e. The number of aliphatic imine (C=N–C) groups is 1. The van der Waals surface area contributed by atoms with Crippen LogP contribution in [0.25, 0.3) is 0 Å². The molecular weight excluding hydrogens is 715 g/mol. The van der Waals surface area contributed by atoms with Crippen LogP contribution in [0, 0.1) is 0 Å². The third-order valence-electron chi connectivity index (χ3n) is 9.30. The van der Waals surface area contributed by atoms with Crippen molar-refractivity contribution in [2.75, 3.05) is 23.8 Å². The molecule has 290 valence electrons. The lowest BCUT2D eigenvalue weighted by molar-refractivity contribution is -0.122.